The van der Waals surface area contributed by atoms with Gasteiger partial charge in [0.2, 0.25) is 5.76 Å². The number of amides is 1. The van der Waals surface area contributed by atoms with Crippen molar-refractivity contribution in [1.29, 1.82) is 0 Å². The lowest BCUT2D eigenvalue weighted by Crippen LogP contribution is -2.31. The molecule has 2 N–H and O–H groups in total. The van der Waals surface area contributed by atoms with Gasteiger partial charge in [-0.15, -0.1) is 0 Å². The molecule has 3 aromatic rings. The Morgan fingerprint density at radius 3 is 2.71 bits per heavy atom. The highest BCUT2D eigenvalue weighted by molar-refractivity contribution is 5.99. The molecule has 160 valence electrons. The summed E-state index contributed by atoms with van der Waals surface area (Å²) in [6.07, 6.45) is 0.103. The number of hydrogen-bond acceptors (Lipinski definition) is 6. The molecule has 31 heavy (non-hydrogen) atoms. The number of fused-ring (bicyclic) bond motifs is 2. The molecule has 1 amide bonds. The number of hydrogen-bond donors (Lipinski definition) is 2. The predicted molar refractivity (Wildman–Crippen MR) is 112 cm³/mol. The molecule has 0 spiro atoms. The van der Waals surface area contributed by atoms with Gasteiger partial charge in [0.25, 0.3) is 5.91 Å². The minimum absolute atomic E-state index is 0.0462. The second-order valence-electron chi connectivity index (χ2n) is 7.23. The smallest absolute Gasteiger partial charge is 0.303 e. The van der Waals surface area contributed by atoms with E-state index < -0.39 is 17.9 Å². The van der Waals surface area contributed by atoms with Gasteiger partial charge in [0.05, 0.1) is 23.6 Å². The molecule has 1 aliphatic heterocycles. The predicted octanol–water partition coefficient (Wildman–Crippen LogP) is 3.31. The Balaban J connectivity index is 1.88. The Hall–Kier alpha value is -3.81. The van der Waals surface area contributed by atoms with E-state index in [9.17, 15) is 19.5 Å². The number of carboxylic acid groups (broad SMARTS) is 1. The van der Waals surface area contributed by atoms with Crippen LogP contribution in [0.3, 0.4) is 0 Å². The van der Waals surface area contributed by atoms with Gasteiger partial charge in [-0.05, 0) is 43.2 Å². The van der Waals surface area contributed by atoms with E-state index in [2.05, 4.69) is 0 Å². The topological polar surface area (TPSA) is 117 Å². The summed E-state index contributed by atoms with van der Waals surface area (Å²) in [5, 5.41) is 19.4. The van der Waals surface area contributed by atoms with Crippen molar-refractivity contribution < 1.29 is 29.0 Å². The van der Waals surface area contributed by atoms with Gasteiger partial charge in [-0.1, -0.05) is 18.2 Å². The van der Waals surface area contributed by atoms with Gasteiger partial charge >= 0.3 is 5.97 Å². The lowest BCUT2D eigenvalue weighted by molar-refractivity contribution is -0.137. The average molecular weight is 423 g/mol. The number of nitrogens with zero attached hydrogens (tertiary/aromatic N) is 1. The summed E-state index contributed by atoms with van der Waals surface area (Å²) < 4.78 is 11.3. The Kier molecular flexibility index (Phi) is 5.37. The number of aliphatic carboxylic acids is 1. The molecule has 1 aliphatic rings. The first-order valence-corrected chi connectivity index (χ1v) is 9.96. The number of ether oxygens (including phenoxy) is 1. The first-order chi connectivity index (χ1) is 14.9. The fraction of sp³-hybridized carbons (Fsp3) is 0.261. The van der Waals surface area contributed by atoms with Crippen molar-refractivity contribution in [3.63, 3.8) is 0 Å². The van der Waals surface area contributed by atoms with E-state index >= 15 is 0 Å². The van der Waals surface area contributed by atoms with Crippen molar-refractivity contribution in [3.05, 3.63) is 69.6 Å². The van der Waals surface area contributed by atoms with Gasteiger partial charge < -0.3 is 24.3 Å². The average Bonchev–Trinajstić information content (AvgIpc) is 3.02. The highest BCUT2D eigenvalue weighted by Crippen LogP contribution is 2.40. The Morgan fingerprint density at radius 1 is 1.19 bits per heavy atom. The van der Waals surface area contributed by atoms with Gasteiger partial charge in [0.15, 0.2) is 16.9 Å². The van der Waals surface area contributed by atoms with E-state index in [1.807, 2.05) is 0 Å². The molecule has 4 rings (SSSR count). The molecular formula is C23H21NO7. The van der Waals surface area contributed by atoms with Crippen LogP contribution in [0.2, 0.25) is 0 Å². The normalized spacial score (nSPS) is 15.3. The number of phenolic OH excluding ortho intramolecular Hbond substituents is 1. The first-order valence-electron chi connectivity index (χ1n) is 9.96. The third kappa shape index (κ3) is 3.61. The fourth-order valence-corrected chi connectivity index (χ4v) is 3.92. The summed E-state index contributed by atoms with van der Waals surface area (Å²) in [6.45, 7) is 2.23. The van der Waals surface area contributed by atoms with Gasteiger partial charge in [-0.25, -0.2) is 0 Å². The number of rotatable bonds is 7. The number of aromatic hydroxyl groups is 1. The van der Waals surface area contributed by atoms with Crippen LogP contribution in [0.1, 0.15) is 47.5 Å². The fourth-order valence-electron chi connectivity index (χ4n) is 3.92. The van der Waals surface area contributed by atoms with Crippen LogP contribution in [0.25, 0.3) is 11.0 Å². The van der Waals surface area contributed by atoms with Crippen molar-refractivity contribution in [3.8, 4) is 11.5 Å². The van der Waals surface area contributed by atoms with E-state index in [1.54, 1.807) is 43.3 Å². The molecule has 2 heterocycles. The minimum Gasteiger partial charge on any atom is -0.504 e. The van der Waals surface area contributed by atoms with Crippen LogP contribution in [-0.4, -0.2) is 40.1 Å². The van der Waals surface area contributed by atoms with Gasteiger partial charge in [0.1, 0.15) is 5.58 Å². The van der Waals surface area contributed by atoms with E-state index in [4.69, 9.17) is 14.3 Å². The standard InChI is InChI=1S/C23H21NO7/c1-2-30-17-12-13(9-10-15(17)25)20-19-21(28)14-6-3-4-7-16(14)31-22(19)23(29)24(20)11-5-8-18(26)27/h3-4,6-7,9-10,12,20,25H,2,5,8,11H2,1H3,(H,26,27)/t20-/m1/s1. The zero-order valence-electron chi connectivity index (χ0n) is 16.8. The summed E-state index contributed by atoms with van der Waals surface area (Å²) in [5.41, 5.74) is 0.756. The van der Waals surface area contributed by atoms with Crippen LogP contribution in [0.15, 0.2) is 51.7 Å². The van der Waals surface area contributed by atoms with Crippen molar-refractivity contribution in [1.82, 2.24) is 4.90 Å². The Bertz CT molecular complexity index is 1230. The van der Waals surface area contributed by atoms with Gasteiger partial charge in [-0.2, -0.15) is 0 Å². The largest absolute Gasteiger partial charge is 0.504 e. The lowest BCUT2D eigenvalue weighted by Gasteiger charge is -2.25. The molecule has 8 nitrogen and oxygen atoms in total. The molecular weight excluding hydrogens is 402 g/mol. The molecule has 0 saturated carbocycles. The number of phenols is 1. The third-order valence-electron chi connectivity index (χ3n) is 5.26. The zero-order chi connectivity index (χ0) is 22.1. The summed E-state index contributed by atoms with van der Waals surface area (Å²) in [7, 11) is 0. The molecule has 0 aliphatic carbocycles. The van der Waals surface area contributed by atoms with Crippen LogP contribution >= 0.6 is 0 Å². The zero-order valence-corrected chi connectivity index (χ0v) is 16.8. The van der Waals surface area contributed by atoms with E-state index in [0.29, 0.717) is 23.1 Å². The summed E-state index contributed by atoms with van der Waals surface area (Å²) >= 11 is 0. The summed E-state index contributed by atoms with van der Waals surface area (Å²) in [6, 6.07) is 10.6. The van der Waals surface area contributed by atoms with Gasteiger partial charge in [0, 0.05) is 13.0 Å². The molecule has 1 atom stereocenters. The molecule has 0 bridgehead atoms. The minimum atomic E-state index is -0.969. The summed E-state index contributed by atoms with van der Waals surface area (Å²) in [4.78, 5) is 39.0. The molecule has 0 radical (unpaired) electrons. The maximum atomic E-state index is 13.3. The molecule has 0 unspecified atom stereocenters. The van der Waals surface area contributed by atoms with Crippen molar-refractivity contribution in [2.45, 2.75) is 25.8 Å². The van der Waals surface area contributed by atoms with Gasteiger partial charge in [-0.3, -0.25) is 14.4 Å². The number of carbonyl (C=O) groups is 2. The lowest BCUT2D eigenvalue weighted by atomic mass is 9.98. The second-order valence-corrected chi connectivity index (χ2v) is 7.23. The molecule has 8 heteroatoms. The molecule has 0 saturated heterocycles. The maximum Gasteiger partial charge on any atom is 0.303 e. The molecule has 0 fully saturated rings. The number of benzene rings is 2. The quantitative estimate of drug-likeness (QED) is 0.599. The second kappa shape index (κ2) is 8.14. The first kappa shape index (κ1) is 20.5. The van der Waals surface area contributed by atoms with Crippen LogP contribution < -0.4 is 10.2 Å². The van der Waals surface area contributed by atoms with Crippen LogP contribution in [0.5, 0.6) is 11.5 Å². The number of carboxylic acids is 1. The number of carbonyl (C=O) groups excluding carboxylic acids is 1. The van der Waals surface area contributed by atoms with Crippen LogP contribution in [-0.2, 0) is 4.79 Å². The van der Waals surface area contributed by atoms with Crippen molar-refractivity contribution in [2.24, 2.45) is 0 Å². The molecule has 2 aromatic carbocycles. The van der Waals surface area contributed by atoms with Crippen molar-refractivity contribution >= 4 is 22.8 Å². The SMILES string of the molecule is CCOc1cc([C@@H]2c3c(oc4ccccc4c3=O)C(=O)N2CCCC(=O)O)ccc1O. The van der Waals surface area contributed by atoms with Crippen LogP contribution in [0.4, 0.5) is 0 Å². The van der Waals surface area contributed by atoms with E-state index in [0.717, 1.165) is 0 Å². The molecule has 1 aromatic heterocycles. The number of para-hydroxylation sites is 1. The third-order valence-corrected chi connectivity index (χ3v) is 5.26. The van der Waals surface area contributed by atoms with Crippen molar-refractivity contribution in [2.75, 3.05) is 13.2 Å². The monoisotopic (exact) mass is 423 g/mol. The Morgan fingerprint density at radius 2 is 1.97 bits per heavy atom. The highest BCUT2D eigenvalue weighted by Gasteiger charge is 2.42. The maximum absolute atomic E-state index is 13.3. The highest BCUT2D eigenvalue weighted by atomic mass is 16.5. The summed E-state index contributed by atoms with van der Waals surface area (Å²) in [5.74, 6) is -1.31. The van der Waals surface area contributed by atoms with E-state index in [-0.39, 0.29) is 47.6 Å². The Labute approximate surface area is 177 Å². The van der Waals surface area contributed by atoms with E-state index in [1.165, 1.54) is 11.0 Å². The van der Waals surface area contributed by atoms with Crippen LogP contribution in [0, 0.1) is 0 Å².